The number of rotatable bonds is 2. The molecule has 4 nitrogen and oxygen atoms in total. The quantitative estimate of drug-likeness (QED) is 0.784. The second kappa shape index (κ2) is 5.14. The minimum Gasteiger partial charge on any atom is -0.457 e. The fourth-order valence-corrected chi connectivity index (χ4v) is 3.13. The zero-order valence-corrected chi connectivity index (χ0v) is 12.9. The van der Waals surface area contributed by atoms with Gasteiger partial charge in [0.05, 0.1) is 5.39 Å². The number of H-pyrrole nitrogens is 1. The first kappa shape index (κ1) is 13.3. The molecule has 0 radical (unpaired) electrons. The van der Waals surface area contributed by atoms with Gasteiger partial charge in [0.2, 0.25) is 0 Å². The van der Waals surface area contributed by atoms with E-state index in [1.54, 1.807) is 6.20 Å². The third-order valence-corrected chi connectivity index (χ3v) is 4.34. The lowest BCUT2D eigenvalue weighted by atomic mass is 10.00. The number of nitrogens with one attached hydrogen (secondary N) is 1. The Hall–Kier alpha value is -2.33. The van der Waals surface area contributed by atoms with E-state index in [9.17, 15) is 0 Å². The molecule has 0 amide bonds. The van der Waals surface area contributed by atoms with Gasteiger partial charge in [0, 0.05) is 25.5 Å². The number of ether oxygens (including phenoxy) is 1. The van der Waals surface area contributed by atoms with E-state index < -0.39 is 0 Å². The number of aromatic nitrogens is 2. The van der Waals surface area contributed by atoms with Crippen molar-refractivity contribution in [3.63, 3.8) is 0 Å². The van der Waals surface area contributed by atoms with Crippen molar-refractivity contribution in [1.82, 2.24) is 14.9 Å². The van der Waals surface area contributed by atoms with Gasteiger partial charge in [-0.05, 0) is 55.3 Å². The normalized spacial score (nSPS) is 15.0. The molecule has 0 aliphatic carbocycles. The van der Waals surface area contributed by atoms with Gasteiger partial charge in [-0.25, -0.2) is 4.98 Å². The van der Waals surface area contributed by atoms with E-state index >= 15 is 0 Å². The molecule has 112 valence electrons. The van der Waals surface area contributed by atoms with Gasteiger partial charge < -0.3 is 14.6 Å². The van der Waals surface area contributed by atoms with Crippen molar-refractivity contribution in [3.8, 4) is 11.5 Å². The molecule has 2 aromatic heterocycles. The Morgan fingerprint density at radius 3 is 3.05 bits per heavy atom. The summed E-state index contributed by atoms with van der Waals surface area (Å²) in [6.45, 7) is 4.18. The number of likely N-dealkylation sites (N-methyl/N-ethyl adjacent to an activating group) is 1. The average Bonchev–Trinajstić information content (AvgIpc) is 2.89. The molecule has 4 rings (SSSR count). The van der Waals surface area contributed by atoms with Gasteiger partial charge in [-0.3, -0.25) is 0 Å². The average molecular weight is 293 g/mol. The number of pyridine rings is 1. The zero-order chi connectivity index (χ0) is 15.1. The lowest BCUT2D eigenvalue weighted by Gasteiger charge is -2.25. The third kappa shape index (κ3) is 2.25. The first-order chi connectivity index (χ1) is 10.7. The van der Waals surface area contributed by atoms with E-state index in [1.807, 2.05) is 12.3 Å². The predicted octanol–water partition coefficient (Wildman–Crippen LogP) is 3.65. The van der Waals surface area contributed by atoms with Crippen molar-refractivity contribution in [2.24, 2.45) is 0 Å². The van der Waals surface area contributed by atoms with Crippen LogP contribution in [0.1, 0.15) is 16.7 Å². The Morgan fingerprint density at radius 1 is 1.23 bits per heavy atom. The minimum absolute atomic E-state index is 0.855. The molecule has 3 aromatic rings. The van der Waals surface area contributed by atoms with Crippen molar-refractivity contribution in [2.45, 2.75) is 19.9 Å². The highest BCUT2D eigenvalue weighted by Gasteiger charge is 2.15. The van der Waals surface area contributed by atoms with Gasteiger partial charge in [0.15, 0.2) is 0 Å². The van der Waals surface area contributed by atoms with Gasteiger partial charge >= 0.3 is 0 Å². The summed E-state index contributed by atoms with van der Waals surface area (Å²) in [6.07, 6.45) is 4.86. The maximum atomic E-state index is 6.15. The molecular formula is C18H19N3O. The molecule has 1 aliphatic heterocycles. The maximum Gasteiger partial charge on any atom is 0.141 e. The predicted molar refractivity (Wildman–Crippen MR) is 87.4 cm³/mol. The van der Waals surface area contributed by atoms with Gasteiger partial charge in [-0.1, -0.05) is 6.07 Å². The number of aromatic amines is 1. The fourth-order valence-electron chi connectivity index (χ4n) is 3.13. The molecule has 0 fully saturated rings. The summed E-state index contributed by atoms with van der Waals surface area (Å²) in [7, 11) is 2.16. The number of nitrogens with zero attached hydrogens (tertiary/aromatic N) is 2. The van der Waals surface area contributed by atoms with E-state index in [1.165, 1.54) is 11.1 Å². The second-order valence-corrected chi connectivity index (χ2v) is 6.02. The van der Waals surface area contributed by atoms with Crippen LogP contribution in [0.25, 0.3) is 11.0 Å². The van der Waals surface area contributed by atoms with Gasteiger partial charge in [0.25, 0.3) is 0 Å². The Labute approximate surface area is 129 Å². The van der Waals surface area contributed by atoms with Crippen LogP contribution in [0.3, 0.4) is 0 Å². The van der Waals surface area contributed by atoms with E-state index in [-0.39, 0.29) is 0 Å². The van der Waals surface area contributed by atoms with Crippen molar-refractivity contribution < 1.29 is 4.74 Å². The Bertz CT molecular complexity index is 837. The lowest BCUT2D eigenvalue weighted by molar-refractivity contribution is 0.312. The van der Waals surface area contributed by atoms with E-state index in [2.05, 4.69) is 47.0 Å². The summed E-state index contributed by atoms with van der Waals surface area (Å²) >= 11 is 0. The SMILES string of the molecule is Cc1c[nH]c2nccc(Oc3ccc4c(c3)CN(C)CC4)c12. The Kier molecular flexibility index (Phi) is 3.12. The molecule has 0 saturated heterocycles. The monoisotopic (exact) mass is 293 g/mol. The lowest BCUT2D eigenvalue weighted by Crippen LogP contribution is -2.26. The van der Waals surface area contributed by atoms with Crippen molar-refractivity contribution in [2.75, 3.05) is 13.6 Å². The topological polar surface area (TPSA) is 41.1 Å². The summed E-state index contributed by atoms with van der Waals surface area (Å²) < 4.78 is 6.15. The summed E-state index contributed by atoms with van der Waals surface area (Å²) in [5.74, 6) is 1.75. The largest absolute Gasteiger partial charge is 0.457 e. The fraction of sp³-hybridized carbons (Fsp3) is 0.278. The van der Waals surface area contributed by atoms with Crippen LogP contribution in [0.5, 0.6) is 11.5 Å². The van der Waals surface area contributed by atoms with Gasteiger partial charge in [-0.15, -0.1) is 0 Å². The molecule has 0 atom stereocenters. The van der Waals surface area contributed by atoms with Crippen molar-refractivity contribution in [1.29, 1.82) is 0 Å². The number of aryl methyl sites for hydroxylation is 1. The number of fused-ring (bicyclic) bond motifs is 2. The summed E-state index contributed by atoms with van der Waals surface area (Å²) in [4.78, 5) is 9.85. The maximum absolute atomic E-state index is 6.15. The number of benzene rings is 1. The molecule has 3 heterocycles. The Balaban J connectivity index is 1.71. The van der Waals surface area contributed by atoms with Crippen LogP contribution in [0.15, 0.2) is 36.7 Å². The molecule has 0 bridgehead atoms. The standard InChI is InChI=1S/C18H19N3O/c1-12-10-20-18-17(12)16(5-7-19-18)22-15-4-3-13-6-8-21(2)11-14(13)9-15/h3-5,7,9-10H,6,8,11H2,1-2H3,(H,19,20). The Morgan fingerprint density at radius 2 is 2.14 bits per heavy atom. The summed E-state index contributed by atoms with van der Waals surface area (Å²) in [5.41, 5.74) is 4.81. The van der Waals surface area contributed by atoms with Gasteiger partial charge in [-0.2, -0.15) is 0 Å². The van der Waals surface area contributed by atoms with Crippen LogP contribution in [-0.2, 0) is 13.0 Å². The molecule has 1 N–H and O–H groups in total. The van der Waals surface area contributed by atoms with Crippen LogP contribution in [0.2, 0.25) is 0 Å². The molecule has 0 saturated carbocycles. The number of hydrogen-bond acceptors (Lipinski definition) is 3. The van der Waals surface area contributed by atoms with Crippen LogP contribution < -0.4 is 4.74 Å². The second-order valence-electron chi connectivity index (χ2n) is 6.02. The van der Waals surface area contributed by atoms with Crippen LogP contribution >= 0.6 is 0 Å². The van der Waals surface area contributed by atoms with Crippen molar-refractivity contribution in [3.05, 3.63) is 53.3 Å². The smallest absolute Gasteiger partial charge is 0.141 e. The molecule has 22 heavy (non-hydrogen) atoms. The molecule has 4 heteroatoms. The third-order valence-electron chi connectivity index (χ3n) is 4.34. The summed E-state index contributed by atoms with van der Waals surface area (Å²) in [6, 6.07) is 8.35. The first-order valence-corrected chi connectivity index (χ1v) is 7.61. The van der Waals surface area contributed by atoms with E-state index in [0.29, 0.717) is 0 Å². The molecule has 0 unspecified atom stereocenters. The van der Waals surface area contributed by atoms with Crippen molar-refractivity contribution >= 4 is 11.0 Å². The first-order valence-electron chi connectivity index (χ1n) is 7.61. The highest BCUT2D eigenvalue weighted by molar-refractivity contribution is 5.86. The van der Waals surface area contributed by atoms with Crippen LogP contribution in [0.4, 0.5) is 0 Å². The molecular weight excluding hydrogens is 274 g/mol. The summed E-state index contributed by atoms with van der Waals surface area (Å²) in [5, 5.41) is 1.05. The molecule has 0 spiro atoms. The number of hydrogen-bond donors (Lipinski definition) is 1. The van der Waals surface area contributed by atoms with Crippen LogP contribution in [0, 0.1) is 6.92 Å². The van der Waals surface area contributed by atoms with Gasteiger partial charge in [0.1, 0.15) is 17.1 Å². The van der Waals surface area contributed by atoms with E-state index in [0.717, 1.165) is 47.6 Å². The van der Waals surface area contributed by atoms with E-state index in [4.69, 9.17) is 4.74 Å². The molecule has 1 aliphatic rings. The highest BCUT2D eigenvalue weighted by Crippen LogP contribution is 2.32. The molecule has 1 aromatic carbocycles. The minimum atomic E-state index is 0.855. The van der Waals surface area contributed by atoms with Crippen LogP contribution in [-0.4, -0.2) is 28.5 Å². The highest BCUT2D eigenvalue weighted by atomic mass is 16.5. The zero-order valence-electron chi connectivity index (χ0n) is 12.9.